The molecule has 0 saturated carbocycles. The highest BCUT2D eigenvalue weighted by molar-refractivity contribution is 4.99. The minimum atomic E-state index is 0.0718. The fourth-order valence-electron chi connectivity index (χ4n) is 3.65. The molecule has 1 fully saturated rings. The first-order valence-corrected chi connectivity index (χ1v) is 8.62. The molecule has 0 spiro atoms. The van der Waals surface area contributed by atoms with Crippen LogP contribution in [0.25, 0.3) is 0 Å². The fourth-order valence-corrected chi connectivity index (χ4v) is 3.65. The quantitative estimate of drug-likeness (QED) is 0.711. The Bertz CT molecular complexity index is 282. The molecule has 126 valence electrons. The topological polar surface area (TPSA) is 47.7 Å². The van der Waals surface area contributed by atoms with Crippen LogP contribution in [0.5, 0.6) is 0 Å². The number of hydrogen-bond donors (Lipinski definition) is 1. The molecule has 0 aromatic carbocycles. The van der Waals surface area contributed by atoms with Crippen molar-refractivity contribution in [1.82, 2.24) is 4.90 Å². The number of hydrogen-bond acceptors (Lipinski definition) is 4. The van der Waals surface area contributed by atoms with E-state index < -0.39 is 0 Å². The lowest BCUT2D eigenvalue weighted by Gasteiger charge is -2.51. The summed E-state index contributed by atoms with van der Waals surface area (Å²) in [6.45, 7) is 12.3. The van der Waals surface area contributed by atoms with Crippen molar-refractivity contribution in [1.29, 1.82) is 0 Å². The normalized spacial score (nSPS) is 27.0. The van der Waals surface area contributed by atoms with Gasteiger partial charge in [0, 0.05) is 38.4 Å². The smallest absolute Gasteiger partial charge is 0.0616 e. The molecule has 0 aromatic rings. The van der Waals surface area contributed by atoms with Crippen molar-refractivity contribution in [2.24, 2.45) is 11.7 Å². The van der Waals surface area contributed by atoms with Gasteiger partial charge in [-0.05, 0) is 31.6 Å². The molecule has 1 aliphatic rings. The highest BCUT2D eigenvalue weighted by Crippen LogP contribution is 2.35. The Labute approximate surface area is 131 Å². The maximum Gasteiger partial charge on any atom is 0.0616 e. The van der Waals surface area contributed by atoms with Crippen LogP contribution >= 0.6 is 0 Å². The third kappa shape index (κ3) is 4.65. The van der Waals surface area contributed by atoms with E-state index in [1.54, 1.807) is 7.11 Å². The van der Waals surface area contributed by atoms with Crippen molar-refractivity contribution in [2.45, 2.75) is 71.1 Å². The van der Waals surface area contributed by atoms with Crippen molar-refractivity contribution < 1.29 is 9.47 Å². The first-order valence-electron chi connectivity index (χ1n) is 8.62. The van der Waals surface area contributed by atoms with Gasteiger partial charge in [0.2, 0.25) is 0 Å². The molecule has 1 aliphatic heterocycles. The van der Waals surface area contributed by atoms with Crippen LogP contribution in [-0.2, 0) is 9.47 Å². The van der Waals surface area contributed by atoms with Gasteiger partial charge in [0.05, 0.1) is 12.7 Å². The van der Waals surface area contributed by atoms with Crippen LogP contribution in [0, 0.1) is 5.92 Å². The zero-order valence-electron chi connectivity index (χ0n) is 14.7. The van der Waals surface area contributed by atoms with Crippen molar-refractivity contribution in [2.75, 3.05) is 33.4 Å². The van der Waals surface area contributed by atoms with E-state index >= 15 is 0 Å². The molecule has 2 unspecified atom stereocenters. The van der Waals surface area contributed by atoms with Gasteiger partial charge in [-0.1, -0.05) is 27.7 Å². The van der Waals surface area contributed by atoms with E-state index in [9.17, 15) is 0 Å². The van der Waals surface area contributed by atoms with Crippen molar-refractivity contribution in [3.63, 3.8) is 0 Å². The molecule has 1 rings (SSSR count). The van der Waals surface area contributed by atoms with Gasteiger partial charge in [-0.15, -0.1) is 0 Å². The molecule has 0 bridgehead atoms. The molecule has 1 saturated heterocycles. The lowest BCUT2D eigenvalue weighted by atomic mass is 9.80. The maximum atomic E-state index is 6.28. The minimum Gasteiger partial charge on any atom is -0.383 e. The van der Waals surface area contributed by atoms with Crippen LogP contribution in [0.3, 0.4) is 0 Å². The monoisotopic (exact) mass is 300 g/mol. The Morgan fingerprint density at radius 2 is 2.00 bits per heavy atom. The van der Waals surface area contributed by atoms with Crippen molar-refractivity contribution >= 4 is 0 Å². The lowest BCUT2D eigenvalue weighted by Crippen LogP contribution is -2.62. The second kappa shape index (κ2) is 9.09. The number of nitrogens with zero attached hydrogens (tertiary/aromatic N) is 1. The van der Waals surface area contributed by atoms with Crippen molar-refractivity contribution in [3.05, 3.63) is 0 Å². The lowest BCUT2D eigenvalue weighted by molar-refractivity contribution is -0.103. The first kappa shape index (κ1) is 18.9. The Hall–Kier alpha value is -0.160. The Morgan fingerprint density at radius 3 is 2.48 bits per heavy atom. The Morgan fingerprint density at radius 1 is 1.33 bits per heavy atom. The number of methoxy groups -OCH3 is 1. The summed E-state index contributed by atoms with van der Waals surface area (Å²) in [6, 6.07) is 0.578. The maximum absolute atomic E-state index is 6.28. The van der Waals surface area contributed by atoms with Crippen LogP contribution in [0.1, 0.15) is 53.4 Å². The summed E-state index contributed by atoms with van der Waals surface area (Å²) in [7, 11) is 1.78. The number of nitrogens with two attached hydrogens (primary N) is 1. The Kier molecular flexibility index (Phi) is 8.17. The predicted molar refractivity (Wildman–Crippen MR) is 88.5 cm³/mol. The van der Waals surface area contributed by atoms with Crippen LogP contribution in [0.15, 0.2) is 0 Å². The minimum absolute atomic E-state index is 0.0718. The number of ether oxygens (including phenoxy) is 2. The number of rotatable bonds is 9. The fraction of sp³-hybridized carbons (Fsp3) is 1.00. The van der Waals surface area contributed by atoms with E-state index in [0.29, 0.717) is 24.6 Å². The van der Waals surface area contributed by atoms with Gasteiger partial charge in [0.25, 0.3) is 0 Å². The second-order valence-electron chi connectivity index (χ2n) is 6.69. The zero-order chi connectivity index (χ0) is 15.9. The molecule has 0 aliphatic carbocycles. The third-order valence-electron chi connectivity index (χ3n) is 5.13. The largest absolute Gasteiger partial charge is 0.383 e. The van der Waals surface area contributed by atoms with Gasteiger partial charge < -0.3 is 15.2 Å². The van der Waals surface area contributed by atoms with Crippen LogP contribution in [0.4, 0.5) is 0 Å². The summed E-state index contributed by atoms with van der Waals surface area (Å²) >= 11 is 0. The second-order valence-corrected chi connectivity index (χ2v) is 6.69. The molecular weight excluding hydrogens is 264 g/mol. The molecule has 4 nitrogen and oxygen atoms in total. The van der Waals surface area contributed by atoms with Gasteiger partial charge in [-0.2, -0.15) is 0 Å². The summed E-state index contributed by atoms with van der Waals surface area (Å²) in [5.41, 5.74) is 6.35. The third-order valence-corrected chi connectivity index (χ3v) is 5.13. The molecule has 0 amide bonds. The average Bonchev–Trinajstić information content (AvgIpc) is 2.51. The molecule has 2 N–H and O–H groups in total. The molecule has 2 atom stereocenters. The van der Waals surface area contributed by atoms with E-state index in [1.807, 2.05) is 0 Å². The van der Waals surface area contributed by atoms with E-state index in [2.05, 4.69) is 32.6 Å². The highest BCUT2D eigenvalue weighted by Gasteiger charge is 2.43. The van der Waals surface area contributed by atoms with Crippen LogP contribution in [0.2, 0.25) is 0 Å². The van der Waals surface area contributed by atoms with Gasteiger partial charge in [0.1, 0.15) is 0 Å². The zero-order valence-corrected chi connectivity index (χ0v) is 14.7. The molecule has 4 heteroatoms. The SMILES string of the molecule is CCC(CC)N(CCOC)C1(CN)CCOC(C(C)C)C1. The summed E-state index contributed by atoms with van der Waals surface area (Å²) < 4.78 is 11.3. The summed E-state index contributed by atoms with van der Waals surface area (Å²) in [6.07, 6.45) is 4.72. The standard InChI is InChI=1S/C17H36N2O2/c1-6-15(7-2)19(9-11-20-5)17(13-18)8-10-21-16(12-17)14(3)4/h14-16H,6-13,18H2,1-5H3. The van der Waals surface area contributed by atoms with E-state index in [-0.39, 0.29) is 5.54 Å². The Balaban J connectivity index is 2.97. The molecule has 0 aromatic heterocycles. The molecule has 0 radical (unpaired) electrons. The van der Waals surface area contributed by atoms with E-state index in [4.69, 9.17) is 15.2 Å². The highest BCUT2D eigenvalue weighted by atomic mass is 16.5. The summed E-state index contributed by atoms with van der Waals surface area (Å²) in [5.74, 6) is 0.544. The van der Waals surface area contributed by atoms with E-state index in [0.717, 1.165) is 45.4 Å². The van der Waals surface area contributed by atoms with Crippen LogP contribution < -0.4 is 5.73 Å². The van der Waals surface area contributed by atoms with Gasteiger partial charge in [-0.3, -0.25) is 4.90 Å². The first-order chi connectivity index (χ1) is 10.0. The van der Waals surface area contributed by atoms with Crippen LogP contribution in [-0.4, -0.2) is 56.0 Å². The van der Waals surface area contributed by atoms with Gasteiger partial charge in [0.15, 0.2) is 0 Å². The average molecular weight is 300 g/mol. The predicted octanol–water partition coefficient (Wildman–Crippen LogP) is 2.66. The molecular formula is C17H36N2O2. The van der Waals surface area contributed by atoms with Gasteiger partial charge >= 0.3 is 0 Å². The molecule has 21 heavy (non-hydrogen) atoms. The van der Waals surface area contributed by atoms with E-state index in [1.165, 1.54) is 0 Å². The summed E-state index contributed by atoms with van der Waals surface area (Å²) in [4.78, 5) is 2.63. The van der Waals surface area contributed by atoms with Crippen molar-refractivity contribution in [3.8, 4) is 0 Å². The van der Waals surface area contributed by atoms with Gasteiger partial charge in [-0.25, -0.2) is 0 Å². The molecule has 1 heterocycles. The summed E-state index contributed by atoms with van der Waals surface area (Å²) in [5, 5.41) is 0.